The second kappa shape index (κ2) is 23.0. The number of hydrogen-bond donors (Lipinski definition) is 0. The van der Waals surface area contributed by atoms with E-state index in [2.05, 4.69) is 0 Å². The number of aryl methyl sites for hydroxylation is 1. The molecule has 0 spiro atoms. The molecule has 1 aromatic carbocycles. The van der Waals surface area contributed by atoms with Gasteiger partial charge in [-0.1, -0.05) is 18.2 Å². The first kappa shape index (κ1) is 23.5. The molecule has 5 heteroatoms. The summed E-state index contributed by atoms with van der Waals surface area (Å²) in [5.74, 6) is -0.132. The van der Waals surface area contributed by atoms with Crippen LogP contribution in [-0.4, -0.2) is 20.4 Å². The largest absolute Gasteiger partial charge is 0.307 e. The van der Waals surface area contributed by atoms with E-state index in [4.69, 9.17) is 14.4 Å². The van der Waals surface area contributed by atoms with Crippen molar-refractivity contribution in [2.45, 2.75) is 6.92 Å². The minimum Gasteiger partial charge on any atom is -0.307 e. The first-order valence-electron chi connectivity index (χ1n) is 3.38. The predicted octanol–water partition coefficient (Wildman–Crippen LogP) is 1.58. The molecule has 0 aliphatic heterocycles. The monoisotopic (exact) mass is 252 g/mol. The third-order valence-corrected chi connectivity index (χ3v) is 1.08. The minimum absolute atomic E-state index is 0. The van der Waals surface area contributed by atoms with Gasteiger partial charge >= 0.3 is 0 Å². The summed E-state index contributed by atoms with van der Waals surface area (Å²) in [6.07, 6.45) is 0. The van der Waals surface area contributed by atoms with Crippen molar-refractivity contribution in [3.63, 3.8) is 0 Å². The van der Waals surface area contributed by atoms with Crippen molar-refractivity contribution in [1.29, 1.82) is 0 Å². The number of hydrogen-bond acceptors (Lipinski definition) is 3. The molecule has 0 N–H and O–H groups in total. The van der Waals surface area contributed by atoms with Crippen molar-refractivity contribution >= 4 is 20.4 Å². The summed E-state index contributed by atoms with van der Waals surface area (Å²) in [6.45, 7) is 7.75. The summed E-state index contributed by atoms with van der Waals surface area (Å²) in [5.41, 5.74) is 0.701. The number of rotatable bonds is 0. The normalized spacial score (nSPS) is 5.73. The Kier molecular flexibility index (Phi) is 35.9. The van der Waals surface area contributed by atoms with Gasteiger partial charge in [0.15, 0.2) is 0 Å². The van der Waals surface area contributed by atoms with Gasteiger partial charge in [-0.3, -0.25) is 0 Å². The Morgan fingerprint density at radius 2 is 1.27 bits per heavy atom. The molecule has 0 saturated heterocycles. The molecule has 0 unspecified atom stereocenters. The molecule has 0 aromatic heterocycles. The molecule has 3 nitrogen and oxygen atoms in total. The standard InChI is InChI=1S/C7H7F.3CH2O.Cr/c1-6-4-2-3-5-7(6)8;3*1-2;/h2-5H,1H3;3*1H2;. The van der Waals surface area contributed by atoms with Gasteiger partial charge in [0.1, 0.15) is 26.2 Å². The second-order valence-electron chi connectivity index (χ2n) is 1.75. The van der Waals surface area contributed by atoms with Crippen LogP contribution in [0.15, 0.2) is 24.3 Å². The van der Waals surface area contributed by atoms with Crippen LogP contribution in [0, 0.1) is 12.7 Å². The van der Waals surface area contributed by atoms with E-state index in [-0.39, 0.29) is 23.2 Å². The smallest absolute Gasteiger partial charge is 0.126 e. The van der Waals surface area contributed by atoms with Crippen molar-refractivity contribution in [2.24, 2.45) is 0 Å². The molecule has 1 aromatic rings. The Hall–Kier alpha value is -1.31. The Bertz CT molecular complexity index is 208. The Morgan fingerprint density at radius 3 is 1.47 bits per heavy atom. The van der Waals surface area contributed by atoms with E-state index in [1.54, 1.807) is 19.1 Å². The topological polar surface area (TPSA) is 51.2 Å². The fourth-order valence-electron chi connectivity index (χ4n) is 0.551. The van der Waals surface area contributed by atoms with Crippen LogP contribution >= 0.6 is 0 Å². The SMILES string of the molecule is C=O.C=O.C=O.Cc1ccccc1F.[Cr]. The van der Waals surface area contributed by atoms with Crippen molar-refractivity contribution < 1.29 is 36.1 Å². The molecule has 0 radical (unpaired) electrons. The molecule has 0 fully saturated rings. The van der Waals surface area contributed by atoms with Crippen molar-refractivity contribution in [2.75, 3.05) is 0 Å². The average molecular weight is 252 g/mol. The van der Waals surface area contributed by atoms with Gasteiger partial charge in [0, 0.05) is 17.4 Å². The fraction of sp³-hybridized carbons (Fsp3) is 0.100. The van der Waals surface area contributed by atoms with Gasteiger partial charge in [0.25, 0.3) is 0 Å². The van der Waals surface area contributed by atoms with E-state index >= 15 is 0 Å². The third-order valence-electron chi connectivity index (χ3n) is 1.08. The molecule has 0 heterocycles. The number of benzene rings is 1. The number of carbonyl (C=O) groups excluding carboxylic acids is 3. The predicted molar refractivity (Wildman–Crippen MR) is 52.5 cm³/mol. The molecule has 0 aliphatic carbocycles. The summed E-state index contributed by atoms with van der Waals surface area (Å²) in [7, 11) is 0. The Labute approximate surface area is 99.4 Å². The van der Waals surface area contributed by atoms with Gasteiger partial charge in [0.2, 0.25) is 0 Å². The maximum absolute atomic E-state index is 12.3. The molecule has 1 rings (SSSR count). The average Bonchev–Trinajstić information content (AvgIpc) is 2.31. The van der Waals surface area contributed by atoms with E-state index in [0.717, 1.165) is 0 Å². The number of halogens is 1. The summed E-state index contributed by atoms with van der Waals surface area (Å²) in [5, 5.41) is 0. The Morgan fingerprint density at radius 1 is 0.933 bits per heavy atom. The molecule has 0 amide bonds. The van der Waals surface area contributed by atoms with Gasteiger partial charge in [-0.2, -0.15) is 0 Å². The van der Waals surface area contributed by atoms with E-state index < -0.39 is 0 Å². The zero-order valence-electron chi connectivity index (χ0n) is 8.44. The zero-order valence-corrected chi connectivity index (χ0v) is 9.72. The molecule has 15 heavy (non-hydrogen) atoms. The molecule has 0 aliphatic rings. The number of carbonyl (C=O) groups is 3. The van der Waals surface area contributed by atoms with E-state index in [0.29, 0.717) is 5.56 Å². The van der Waals surface area contributed by atoms with Crippen LogP contribution in [0.5, 0.6) is 0 Å². The third kappa shape index (κ3) is 15.4. The Balaban J connectivity index is -0.0000000755. The van der Waals surface area contributed by atoms with Gasteiger partial charge in [-0.15, -0.1) is 0 Å². The molecular formula is C10H13CrFO3. The first-order chi connectivity index (χ1) is 6.80. The van der Waals surface area contributed by atoms with Gasteiger partial charge in [-0.25, -0.2) is 4.39 Å². The van der Waals surface area contributed by atoms with Gasteiger partial charge in [-0.05, 0) is 18.6 Å². The van der Waals surface area contributed by atoms with Crippen molar-refractivity contribution in [1.82, 2.24) is 0 Å². The summed E-state index contributed by atoms with van der Waals surface area (Å²) in [4.78, 5) is 24.0. The molecule has 0 bridgehead atoms. The summed E-state index contributed by atoms with van der Waals surface area (Å²) >= 11 is 0. The maximum Gasteiger partial charge on any atom is 0.126 e. The first-order valence-corrected chi connectivity index (χ1v) is 3.38. The molecule has 84 valence electrons. The maximum atomic E-state index is 12.3. The van der Waals surface area contributed by atoms with Crippen LogP contribution in [-0.2, 0) is 31.7 Å². The molecular weight excluding hydrogens is 239 g/mol. The van der Waals surface area contributed by atoms with Gasteiger partial charge in [0.05, 0.1) is 0 Å². The van der Waals surface area contributed by atoms with Crippen LogP contribution in [0.4, 0.5) is 4.39 Å². The quantitative estimate of drug-likeness (QED) is 0.704. The van der Waals surface area contributed by atoms with Crippen LogP contribution < -0.4 is 0 Å². The molecule has 0 atom stereocenters. The molecule has 0 saturated carbocycles. The van der Waals surface area contributed by atoms with Crippen molar-refractivity contribution in [3.05, 3.63) is 35.6 Å². The van der Waals surface area contributed by atoms with E-state index in [1.165, 1.54) is 6.07 Å². The van der Waals surface area contributed by atoms with Crippen LogP contribution in [0.1, 0.15) is 5.56 Å². The van der Waals surface area contributed by atoms with Crippen LogP contribution in [0.2, 0.25) is 0 Å². The van der Waals surface area contributed by atoms with Crippen LogP contribution in [0.3, 0.4) is 0 Å². The zero-order chi connectivity index (χ0) is 12.0. The van der Waals surface area contributed by atoms with Gasteiger partial charge < -0.3 is 14.4 Å². The van der Waals surface area contributed by atoms with E-state index in [1.807, 2.05) is 26.4 Å². The summed E-state index contributed by atoms with van der Waals surface area (Å²) < 4.78 is 12.3. The summed E-state index contributed by atoms with van der Waals surface area (Å²) in [6, 6.07) is 6.70. The van der Waals surface area contributed by atoms with Crippen LogP contribution in [0.25, 0.3) is 0 Å². The van der Waals surface area contributed by atoms with E-state index in [9.17, 15) is 4.39 Å². The fourth-order valence-corrected chi connectivity index (χ4v) is 0.551. The van der Waals surface area contributed by atoms with Crippen molar-refractivity contribution in [3.8, 4) is 0 Å². The minimum atomic E-state index is -0.132. The second-order valence-corrected chi connectivity index (χ2v) is 1.75.